The zero-order valence-corrected chi connectivity index (χ0v) is 11.6. The van der Waals surface area contributed by atoms with Gasteiger partial charge in [0.1, 0.15) is 10.3 Å². The number of imidazole rings is 1. The highest BCUT2D eigenvalue weighted by Gasteiger charge is 2.26. The molecule has 1 saturated heterocycles. The van der Waals surface area contributed by atoms with E-state index in [1.807, 2.05) is 4.90 Å². The number of hydrogen-bond donors (Lipinski definition) is 0. The second kappa shape index (κ2) is 4.35. The van der Waals surface area contributed by atoms with Gasteiger partial charge in [-0.2, -0.15) is 0 Å². The highest BCUT2D eigenvalue weighted by molar-refractivity contribution is 9.10. The molecule has 94 valence electrons. The predicted octanol–water partition coefficient (Wildman–Crippen LogP) is 1.97. The van der Waals surface area contributed by atoms with E-state index >= 15 is 0 Å². The molecule has 1 aliphatic heterocycles. The molecule has 0 aliphatic carbocycles. The minimum atomic E-state index is 0.0463. The lowest BCUT2D eigenvalue weighted by Crippen LogP contribution is -2.29. The summed E-state index contributed by atoms with van der Waals surface area (Å²) >= 11 is 3.31. The number of aromatic nitrogens is 3. The lowest BCUT2D eigenvalue weighted by atomic mass is 10.2. The first-order chi connectivity index (χ1) is 8.65. The van der Waals surface area contributed by atoms with Gasteiger partial charge < -0.3 is 4.90 Å². The van der Waals surface area contributed by atoms with Gasteiger partial charge in [-0.1, -0.05) is 6.92 Å². The van der Waals surface area contributed by atoms with E-state index in [0.717, 1.165) is 19.5 Å². The molecule has 0 radical (unpaired) electrons. The Balaban J connectivity index is 1.99. The molecule has 3 rings (SSSR count). The van der Waals surface area contributed by atoms with Crippen molar-refractivity contribution >= 4 is 27.5 Å². The Labute approximate surface area is 113 Å². The standard InChI is InChI=1S/C12H13BrN4O/c1-8-2-3-16(6-8)12(18)9-4-15-11-5-14-10(13)7-17(9)11/h4-5,7-8H,2-3,6H2,1H3/t8-/m1/s1. The van der Waals surface area contributed by atoms with Crippen molar-refractivity contribution in [1.82, 2.24) is 19.3 Å². The molecule has 0 spiro atoms. The lowest BCUT2D eigenvalue weighted by molar-refractivity contribution is 0.0781. The van der Waals surface area contributed by atoms with Crippen molar-refractivity contribution in [3.8, 4) is 0 Å². The van der Waals surface area contributed by atoms with Crippen LogP contribution in [0.25, 0.3) is 5.65 Å². The Hall–Kier alpha value is -1.43. The van der Waals surface area contributed by atoms with Crippen molar-refractivity contribution in [3.63, 3.8) is 0 Å². The number of rotatable bonds is 1. The van der Waals surface area contributed by atoms with Crippen LogP contribution >= 0.6 is 15.9 Å². The minimum Gasteiger partial charge on any atom is -0.337 e. The Morgan fingerprint density at radius 3 is 3.00 bits per heavy atom. The fourth-order valence-electron chi connectivity index (χ4n) is 2.31. The third kappa shape index (κ3) is 1.90. The van der Waals surface area contributed by atoms with Gasteiger partial charge in [0.2, 0.25) is 0 Å². The minimum absolute atomic E-state index is 0.0463. The van der Waals surface area contributed by atoms with Crippen LogP contribution in [-0.4, -0.2) is 38.3 Å². The molecule has 0 bridgehead atoms. The van der Waals surface area contributed by atoms with Crippen LogP contribution in [0.3, 0.4) is 0 Å². The van der Waals surface area contributed by atoms with Crippen molar-refractivity contribution in [2.45, 2.75) is 13.3 Å². The van der Waals surface area contributed by atoms with E-state index in [1.165, 1.54) is 0 Å². The molecule has 18 heavy (non-hydrogen) atoms. The normalized spacial score (nSPS) is 19.7. The van der Waals surface area contributed by atoms with Crippen molar-refractivity contribution in [2.24, 2.45) is 5.92 Å². The summed E-state index contributed by atoms with van der Waals surface area (Å²) in [5.41, 5.74) is 1.29. The van der Waals surface area contributed by atoms with Crippen molar-refractivity contribution in [2.75, 3.05) is 13.1 Å². The molecule has 1 atom stereocenters. The van der Waals surface area contributed by atoms with E-state index in [0.29, 0.717) is 21.9 Å². The Kier molecular flexibility index (Phi) is 2.81. The summed E-state index contributed by atoms with van der Waals surface area (Å²) in [7, 11) is 0. The fourth-order valence-corrected chi connectivity index (χ4v) is 2.61. The van der Waals surface area contributed by atoms with Gasteiger partial charge in [0.25, 0.3) is 5.91 Å². The highest BCUT2D eigenvalue weighted by Crippen LogP contribution is 2.19. The van der Waals surface area contributed by atoms with Gasteiger partial charge in [-0.25, -0.2) is 9.97 Å². The molecule has 0 N–H and O–H groups in total. The number of fused-ring (bicyclic) bond motifs is 1. The SMILES string of the molecule is C[C@@H]1CCN(C(=O)c2cnc3cnc(Br)cn23)C1. The first kappa shape index (κ1) is 11.6. The third-order valence-corrected chi connectivity index (χ3v) is 3.70. The van der Waals surface area contributed by atoms with Gasteiger partial charge in [0.05, 0.1) is 12.4 Å². The molecule has 0 unspecified atom stereocenters. The van der Waals surface area contributed by atoms with E-state index in [2.05, 4.69) is 32.8 Å². The summed E-state index contributed by atoms with van der Waals surface area (Å²) in [6, 6.07) is 0. The molecule has 2 aromatic rings. The molecule has 6 heteroatoms. The Morgan fingerprint density at radius 2 is 2.28 bits per heavy atom. The molecule has 1 fully saturated rings. The molecule has 1 aliphatic rings. The smallest absolute Gasteiger partial charge is 0.272 e. The van der Waals surface area contributed by atoms with Crippen LogP contribution in [0.5, 0.6) is 0 Å². The van der Waals surface area contributed by atoms with Crippen LogP contribution in [0.15, 0.2) is 23.2 Å². The van der Waals surface area contributed by atoms with Gasteiger partial charge >= 0.3 is 0 Å². The van der Waals surface area contributed by atoms with Gasteiger partial charge in [-0.3, -0.25) is 9.20 Å². The number of likely N-dealkylation sites (tertiary alicyclic amines) is 1. The van der Waals surface area contributed by atoms with Crippen molar-refractivity contribution in [3.05, 3.63) is 28.9 Å². The summed E-state index contributed by atoms with van der Waals surface area (Å²) in [5.74, 6) is 0.631. The first-order valence-electron chi connectivity index (χ1n) is 5.93. The maximum Gasteiger partial charge on any atom is 0.272 e. The van der Waals surface area contributed by atoms with Crippen LogP contribution in [0.2, 0.25) is 0 Å². The monoisotopic (exact) mass is 308 g/mol. The molecule has 2 aromatic heterocycles. The molecule has 3 heterocycles. The molecule has 0 aromatic carbocycles. The first-order valence-corrected chi connectivity index (χ1v) is 6.72. The largest absolute Gasteiger partial charge is 0.337 e. The second-order valence-corrected chi connectivity index (χ2v) is 5.54. The number of nitrogens with zero attached hydrogens (tertiary/aromatic N) is 4. The third-order valence-electron chi connectivity index (χ3n) is 3.29. The molecule has 0 saturated carbocycles. The number of hydrogen-bond acceptors (Lipinski definition) is 3. The number of amides is 1. The molecule has 1 amide bonds. The molecule has 5 nitrogen and oxygen atoms in total. The maximum atomic E-state index is 12.4. The average molecular weight is 309 g/mol. The van der Waals surface area contributed by atoms with Gasteiger partial charge in [-0.05, 0) is 28.3 Å². The lowest BCUT2D eigenvalue weighted by Gasteiger charge is -2.15. The second-order valence-electron chi connectivity index (χ2n) is 4.73. The van der Waals surface area contributed by atoms with E-state index in [-0.39, 0.29) is 5.91 Å². The topological polar surface area (TPSA) is 50.5 Å². The van der Waals surface area contributed by atoms with Crippen molar-refractivity contribution < 1.29 is 4.79 Å². The Bertz CT molecular complexity index is 609. The summed E-state index contributed by atoms with van der Waals surface area (Å²) < 4.78 is 2.47. The van der Waals surface area contributed by atoms with Crippen molar-refractivity contribution in [1.29, 1.82) is 0 Å². The van der Waals surface area contributed by atoms with Crippen LogP contribution < -0.4 is 0 Å². The van der Waals surface area contributed by atoms with Gasteiger partial charge in [0, 0.05) is 19.3 Å². The quantitative estimate of drug-likeness (QED) is 0.809. The number of carbonyl (C=O) groups is 1. The van der Waals surface area contributed by atoms with Crippen LogP contribution in [0, 0.1) is 5.92 Å². The van der Waals surface area contributed by atoms with E-state index in [4.69, 9.17) is 0 Å². The fraction of sp³-hybridized carbons (Fsp3) is 0.417. The van der Waals surface area contributed by atoms with Crippen LogP contribution in [0.4, 0.5) is 0 Å². The van der Waals surface area contributed by atoms with E-state index < -0.39 is 0 Å². The van der Waals surface area contributed by atoms with Gasteiger partial charge in [0.15, 0.2) is 5.65 Å². The zero-order valence-electron chi connectivity index (χ0n) is 10.0. The highest BCUT2D eigenvalue weighted by atomic mass is 79.9. The molecular formula is C12H13BrN4O. The predicted molar refractivity (Wildman–Crippen MR) is 70.4 cm³/mol. The number of carbonyl (C=O) groups excluding carboxylic acids is 1. The average Bonchev–Trinajstić information content (AvgIpc) is 2.94. The summed E-state index contributed by atoms with van der Waals surface area (Å²) in [6.45, 7) is 3.83. The van der Waals surface area contributed by atoms with E-state index in [9.17, 15) is 4.79 Å². The Morgan fingerprint density at radius 1 is 1.44 bits per heavy atom. The summed E-state index contributed by atoms with van der Waals surface area (Å²) in [5, 5.41) is 0. The van der Waals surface area contributed by atoms with Crippen LogP contribution in [-0.2, 0) is 0 Å². The molecular weight excluding hydrogens is 296 g/mol. The zero-order chi connectivity index (χ0) is 12.7. The van der Waals surface area contributed by atoms with Gasteiger partial charge in [-0.15, -0.1) is 0 Å². The summed E-state index contributed by atoms with van der Waals surface area (Å²) in [4.78, 5) is 22.6. The summed E-state index contributed by atoms with van der Waals surface area (Å²) in [6.07, 6.45) is 6.12. The van der Waals surface area contributed by atoms with Crippen LogP contribution in [0.1, 0.15) is 23.8 Å². The van der Waals surface area contributed by atoms with E-state index in [1.54, 1.807) is 23.0 Å². The number of halogens is 1. The maximum absolute atomic E-state index is 12.4.